The second-order valence-corrected chi connectivity index (χ2v) is 8.36. The van der Waals surface area contributed by atoms with Gasteiger partial charge in [0.05, 0.1) is 6.42 Å². The monoisotopic (exact) mass is 446 g/mol. The Kier molecular flexibility index (Phi) is 9.07. The molecule has 1 aromatic carbocycles. The molecule has 1 aromatic rings. The highest BCUT2D eigenvalue weighted by Gasteiger charge is 2.36. The number of nitrogens with two attached hydrogens (primary N) is 1. The van der Waals surface area contributed by atoms with Gasteiger partial charge in [-0.15, -0.1) is 0 Å². The Balaban J connectivity index is 3.35. The summed E-state index contributed by atoms with van der Waals surface area (Å²) in [7, 11) is 0. The number of hydrogen-bond acceptors (Lipinski definition) is 6. The van der Waals surface area contributed by atoms with Gasteiger partial charge in [0.2, 0.25) is 11.8 Å². The molecule has 0 aromatic heterocycles. The Morgan fingerprint density at radius 3 is 2.16 bits per heavy atom. The number of hydrogen-bond donors (Lipinski definition) is 4. The van der Waals surface area contributed by atoms with Crippen molar-refractivity contribution in [1.29, 1.82) is 0 Å². The molecule has 32 heavy (non-hydrogen) atoms. The zero-order chi connectivity index (χ0) is 24.6. The molecule has 0 saturated carbocycles. The topological polar surface area (TPSA) is 151 Å². The van der Waals surface area contributed by atoms with Crippen molar-refractivity contribution in [1.82, 2.24) is 15.5 Å². The fourth-order valence-corrected chi connectivity index (χ4v) is 2.72. The van der Waals surface area contributed by atoms with E-state index in [1.807, 2.05) is 0 Å². The standard InChI is InChI=1S/C22H30N4O6/c1-7-26(18(19(29)24-13(2)3)14-8-10-15(27)11-9-14)20(30)16(12-17(23)28)25-21(31)32-22(4,5)6/h1,8-11,13,16,18,27H,12H2,2-6H3,(H2,23,28)(H,24,29)(H,25,31). The lowest BCUT2D eigenvalue weighted by Gasteiger charge is -2.30. The predicted octanol–water partition coefficient (Wildman–Crippen LogP) is 1.15. The van der Waals surface area contributed by atoms with E-state index in [4.69, 9.17) is 16.9 Å². The number of rotatable bonds is 8. The predicted molar refractivity (Wildman–Crippen MR) is 117 cm³/mol. The molecule has 2 atom stereocenters. The lowest BCUT2D eigenvalue weighted by Crippen LogP contribution is -2.53. The number of phenols is 1. The van der Waals surface area contributed by atoms with E-state index in [2.05, 4.69) is 16.7 Å². The maximum atomic E-state index is 13.3. The van der Waals surface area contributed by atoms with Gasteiger partial charge in [-0.05, 0) is 52.3 Å². The van der Waals surface area contributed by atoms with E-state index in [0.717, 1.165) is 4.90 Å². The molecule has 1 rings (SSSR count). The molecule has 0 bridgehead atoms. The van der Waals surface area contributed by atoms with Crippen LogP contribution in [0.4, 0.5) is 4.79 Å². The lowest BCUT2D eigenvalue weighted by atomic mass is 10.0. The van der Waals surface area contributed by atoms with Crippen LogP contribution in [0.3, 0.4) is 0 Å². The van der Waals surface area contributed by atoms with Crippen LogP contribution in [0.2, 0.25) is 0 Å². The third-order valence-electron chi connectivity index (χ3n) is 3.92. The third-order valence-corrected chi connectivity index (χ3v) is 3.92. The number of amides is 4. The van der Waals surface area contributed by atoms with Crippen molar-refractivity contribution in [2.75, 3.05) is 0 Å². The number of terminal acetylenes is 1. The minimum Gasteiger partial charge on any atom is -0.508 e. The van der Waals surface area contributed by atoms with Crippen molar-refractivity contribution in [2.45, 2.75) is 64.8 Å². The zero-order valence-corrected chi connectivity index (χ0v) is 18.8. The first-order chi connectivity index (χ1) is 14.7. The van der Waals surface area contributed by atoms with E-state index in [-0.39, 0.29) is 11.8 Å². The SMILES string of the molecule is C#CN(C(=O)C(CC(N)=O)NC(=O)OC(C)(C)C)C(C(=O)NC(C)C)c1ccc(O)cc1. The van der Waals surface area contributed by atoms with Crippen LogP contribution in [0.1, 0.15) is 52.6 Å². The number of benzene rings is 1. The van der Waals surface area contributed by atoms with E-state index in [9.17, 15) is 24.3 Å². The molecular formula is C22H30N4O6. The van der Waals surface area contributed by atoms with Gasteiger partial charge in [-0.2, -0.15) is 0 Å². The minimum absolute atomic E-state index is 0.0476. The Bertz CT molecular complexity index is 883. The molecule has 0 saturated heterocycles. The van der Waals surface area contributed by atoms with Crippen molar-refractivity contribution >= 4 is 23.8 Å². The number of aromatic hydroxyl groups is 1. The molecule has 4 amide bonds. The van der Waals surface area contributed by atoms with Crippen LogP contribution in [0.15, 0.2) is 24.3 Å². The quantitative estimate of drug-likeness (QED) is 0.347. The van der Waals surface area contributed by atoms with Crippen LogP contribution in [0.25, 0.3) is 0 Å². The molecule has 0 heterocycles. The number of alkyl carbamates (subject to hydrolysis) is 1. The normalized spacial score (nSPS) is 12.8. The Hall–Kier alpha value is -3.74. The van der Waals surface area contributed by atoms with Crippen LogP contribution in [-0.4, -0.2) is 51.5 Å². The number of nitrogens with zero attached hydrogens (tertiary/aromatic N) is 1. The molecule has 10 heteroatoms. The van der Waals surface area contributed by atoms with Gasteiger partial charge in [-0.3, -0.25) is 19.3 Å². The molecule has 10 nitrogen and oxygen atoms in total. The van der Waals surface area contributed by atoms with E-state index >= 15 is 0 Å². The number of ether oxygens (including phenoxy) is 1. The van der Waals surface area contributed by atoms with Crippen molar-refractivity contribution in [2.24, 2.45) is 5.73 Å². The number of carbonyl (C=O) groups excluding carboxylic acids is 4. The molecule has 5 N–H and O–H groups in total. The summed E-state index contributed by atoms with van der Waals surface area (Å²) in [6, 6.07) is 4.67. The summed E-state index contributed by atoms with van der Waals surface area (Å²) in [4.78, 5) is 50.7. The Morgan fingerprint density at radius 2 is 1.72 bits per heavy atom. The molecule has 0 fully saturated rings. The molecule has 0 radical (unpaired) electrons. The fraction of sp³-hybridized carbons (Fsp3) is 0.455. The van der Waals surface area contributed by atoms with Crippen LogP contribution < -0.4 is 16.4 Å². The van der Waals surface area contributed by atoms with Gasteiger partial charge in [0.15, 0.2) is 0 Å². The molecule has 0 aliphatic heterocycles. The zero-order valence-electron chi connectivity index (χ0n) is 18.8. The van der Waals surface area contributed by atoms with Crippen LogP contribution in [0.5, 0.6) is 5.75 Å². The number of primary amides is 1. The largest absolute Gasteiger partial charge is 0.508 e. The van der Waals surface area contributed by atoms with E-state index < -0.39 is 47.9 Å². The molecule has 0 aliphatic carbocycles. The molecule has 2 unspecified atom stereocenters. The van der Waals surface area contributed by atoms with Gasteiger partial charge in [-0.25, -0.2) is 4.79 Å². The summed E-state index contributed by atoms with van der Waals surface area (Å²) in [5, 5.41) is 14.5. The lowest BCUT2D eigenvalue weighted by molar-refractivity contribution is -0.139. The fourth-order valence-electron chi connectivity index (χ4n) is 2.72. The van der Waals surface area contributed by atoms with Crippen molar-refractivity contribution in [3.8, 4) is 18.2 Å². The molecular weight excluding hydrogens is 416 g/mol. The highest BCUT2D eigenvalue weighted by molar-refractivity contribution is 5.95. The van der Waals surface area contributed by atoms with Gasteiger partial charge in [0.25, 0.3) is 5.91 Å². The maximum Gasteiger partial charge on any atom is 0.408 e. The van der Waals surface area contributed by atoms with Crippen LogP contribution in [-0.2, 0) is 19.1 Å². The van der Waals surface area contributed by atoms with E-state index in [1.165, 1.54) is 24.3 Å². The highest BCUT2D eigenvalue weighted by atomic mass is 16.6. The van der Waals surface area contributed by atoms with Gasteiger partial charge in [0.1, 0.15) is 23.4 Å². The number of nitrogens with one attached hydrogen (secondary N) is 2. The molecule has 0 spiro atoms. The van der Waals surface area contributed by atoms with E-state index in [1.54, 1.807) is 34.6 Å². The van der Waals surface area contributed by atoms with Gasteiger partial charge < -0.3 is 26.2 Å². The number of phenolic OH excluding ortho intramolecular Hbond substituents is 1. The summed E-state index contributed by atoms with van der Waals surface area (Å²) in [6.07, 6.45) is 4.06. The molecule has 174 valence electrons. The highest BCUT2D eigenvalue weighted by Crippen LogP contribution is 2.24. The van der Waals surface area contributed by atoms with E-state index in [0.29, 0.717) is 5.56 Å². The van der Waals surface area contributed by atoms with Gasteiger partial charge >= 0.3 is 6.09 Å². The third kappa shape index (κ3) is 8.18. The Morgan fingerprint density at radius 1 is 1.16 bits per heavy atom. The molecule has 0 aliphatic rings. The van der Waals surface area contributed by atoms with Gasteiger partial charge in [0, 0.05) is 12.1 Å². The van der Waals surface area contributed by atoms with Crippen LogP contribution >= 0.6 is 0 Å². The van der Waals surface area contributed by atoms with Gasteiger partial charge in [-0.1, -0.05) is 18.6 Å². The smallest absolute Gasteiger partial charge is 0.408 e. The van der Waals surface area contributed by atoms with Crippen molar-refractivity contribution in [3.63, 3.8) is 0 Å². The average Bonchev–Trinajstić information content (AvgIpc) is 2.63. The average molecular weight is 447 g/mol. The first-order valence-electron chi connectivity index (χ1n) is 9.91. The second kappa shape index (κ2) is 11.0. The summed E-state index contributed by atoms with van der Waals surface area (Å²) >= 11 is 0. The van der Waals surface area contributed by atoms with Crippen molar-refractivity contribution < 1.29 is 29.0 Å². The minimum atomic E-state index is -1.47. The number of carbonyl (C=O) groups is 4. The maximum absolute atomic E-state index is 13.3. The second-order valence-electron chi connectivity index (χ2n) is 8.36. The summed E-state index contributed by atoms with van der Waals surface area (Å²) < 4.78 is 5.14. The first kappa shape index (κ1) is 26.3. The Labute approximate surface area is 187 Å². The van der Waals surface area contributed by atoms with Crippen molar-refractivity contribution in [3.05, 3.63) is 29.8 Å². The summed E-state index contributed by atoms with van der Waals surface area (Å²) in [5.41, 5.74) is 4.69. The summed E-state index contributed by atoms with van der Waals surface area (Å²) in [6.45, 7) is 8.34. The first-order valence-corrected chi connectivity index (χ1v) is 9.91. The van der Waals surface area contributed by atoms with Crippen LogP contribution in [0, 0.1) is 12.5 Å². The summed E-state index contributed by atoms with van der Waals surface area (Å²) in [5.74, 6) is -2.42.